The van der Waals surface area contributed by atoms with E-state index in [9.17, 15) is 0 Å². The molecule has 0 aliphatic carbocycles. The van der Waals surface area contributed by atoms with Crippen LogP contribution in [0.1, 0.15) is 51.8 Å². The van der Waals surface area contributed by atoms with Gasteiger partial charge in [0.1, 0.15) is 5.82 Å². The molecular weight excluding hydrogens is 248 g/mol. The van der Waals surface area contributed by atoms with Gasteiger partial charge in [0.15, 0.2) is 0 Å². The first-order valence-corrected chi connectivity index (χ1v) is 6.90. The molecule has 0 aliphatic rings. The van der Waals surface area contributed by atoms with Crippen LogP contribution in [-0.4, -0.2) is 20.2 Å². The largest absolute Gasteiger partial charge is 0.241 e. The molecule has 0 radical (unpaired) electrons. The van der Waals surface area contributed by atoms with E-state index in [1.54, 1.807) is 12.4 Å². The Balaban J connectivity index is 2.18. The van der Waals surface area contributed by atoms with Crippen molar-refractivity contribution in [2.24, 2.45) is 0 Å². The SMILES string of the molecule is CC(C)(C)c1ccc(CC(C)(C)c2ncccn2)nn1. The molecule has 0 unspecified atom stereocenters. The molecule has 4 heteroatoms. The zero-order valence-corrected chi connectivity index (χ0v) is 12.9. The van der Waals surface area contributed by atoms with E-state index in [1.165, 1.54) is 0 Å². The van der Waals surface area contributed by atoms with Crippen LogP contribution in [0.15, 0.2) is 30.6 Å². The molecule has 2 aromatic heterocycles. The summed E-state index contributed by atoms with van der Waals surface area (Å²) in [5.41, 5.74) is 1.86. The maximum absolute atomic E-state index is 4.35. The fourth-order valence-electron chi connectivity index (χ4n) is 2.03. The molecule has 2 heterocycles. The first kappa shape index (κ1) is 14.6. The molecule has 0 spiro atoms. The van der Waals surface area contributed by atoms with Gasteiger partial charge in [-0.15, -0.1) is 0 Å². The van der Waals surface area contributed by atoms with E-state index in [0.717, 1.165) is 23.6 Å². The Bertz CT molecular complexity index is 553. The number of hydrogen-bond acceptors (Lipinski definition) is 4. The Morgan fingerprint density at radius 3 is 2.05 bits per heavy atom. The highest BCUT2D eigenvalue weighted by atomic mass is 15.1. The molecule has 0 atom stereocenters. The maximum atomic E-state index is 4.35. The highest BCUT2D eigenvalue weighted by Gasteiger charge is 2.25. The minimum absolute atomic E-state index is 0.0313. The Hall–Kier alpha value is -1.84. The number of hydrogen-bond donors (Lipinski definition) is 0. The molecule has 0 saturated heterocycles. The second-order valence-electron chi connectivity index (χ2n) is 6.79. The summed E-state index contributed by atoms with van der Waals surface area (Å²) < 4.78 is 0. The van der Waals surface area contributed by atoms with Crippen molar-refractivity contribution in [1.29, 1.82) is 0 Å². The second kappa shape index (κ2) is 5.27. The molecule has 0 aliphatic heterocycles. The average Bonchev–Trinajstić information content (AvgIpc) is 2.39. The molecule has 2 aromatic rings. The lowest BCUT2D eigenvalue weighted by molar-refractivity contribution is 0.475. The zero-order chi connectivity index (χ0) is 14.8. The van der Waals surface area contributed by atoms with Gasteiger partial charge in [0, 0.05) is 29.6 Å². The van der Waals surface area contributed by atoms with E-state index in [4.69, 9.17) is 0 Å². The Kier molecular flexibility index (Phi) is 3.84. The summed E-state index contributed by atoms with van der Waals surface area (Å²) in [6, 6.07) is 5.94. The lowest BCUT2D eigenvalue weighted by atomic mass is 9.86. The first-order valence-electron chi connectivity index (χ1n) is 6.90. The Morgan fingerprint density at radius 2 is 1.55 bits per heavy atom. The fraction of sp³-hybridized carbons (Fsp3) is 0.500. The van der Waals surface area contributed by atoms with Crippen LogP contribution < -0.4 is 0 Å². The predicted octanol–water partition coefficient (Wildman–Crippen LogP) is 3.08. The Labute approximate surface area is 120 Å². The fourth-order valence-corrected chi connectivity index (χ4v) is 2.03. The minimum Gasteiger partial charge on any atom is -0.241 e. The van der Waals surface area contributed by atoms with Crippen LogP contribution in [0.25, 0.3) is 0 Å². The van der Waals surface area contributed by atoms with E-state index in [1.807, 2.05) is 6.07 Å². The molecule has 20 heavy (non-hydrogen) atoms. The van der Waals surface area contributed by atoms with E-state index in [0.29, 0.717) is 0 Å². The van der Waals surface area contributed by atoms with Crippen LogP contribution in [0, 0.1) is 0 Å². The van der Waals surface area contributed by atoms with Gasteiger partial charge in [0.2, 0.25) is 0 Å². The topological polar surface area (TPSA) is 51.6 Å². The van der Waals surface area contributed by atoms with Crippen LogP contribution in [0.5, 0.6) is 0 Å². The van der Waals surface area contributed by atoms with Crippen molar-refractivity contribution in [2.75, 3.05) is 0 Å². The molecule has 0 N–H and O–H groups in total. The van der Waals surface area contributed by atoms with Crippen molar-refractivity contribution in [3.05, 3.63) is 47.8 Å². The van der Waals surface area contributed by atoms with Gasteiger partial charge in [-0.3, -0.25) is 0 Å². The third-order valence-corrected chi connectivity index (χ3v) is 3.28. The molecule has 0 saturated carbocycles. The van der Waals surface area contributed by atoms with Crippen LogP contribution in [0.2, 0.25) is 0 Å². The molecular formula is C16H22N4. The maximum Gasteiger partial charge on any atom is 0.134 e. The van der Waals surface area contributed by atoms with Crippen molar-refractivity contribution in [2.45, 2.75) is 51.9 Å². The van der Waals surface area contributed by atoms with Crippen LogP contribution in [-0.2, 0) is 17.3 Å². The van der Waals surface area contributed by atoms with Gasteiger partial charge in [-0.05, 0) is 18.2 Å². The van der Waals surface area contributed by atoms with Crippen molar-refractivity contribution >= 4 is 0 Å². The summed E-state index contributed by atoms with van der Waals surface area (Å²) in [4.78, 5) is 8.69. The molecule has 0 bridgehead atoms. The van der Waals surface area contributed by atoms with Crippen LogP contribution >= 0.6 is 0 Å². The average molecular weight is 270 g/mol. The van der Waals surface area contributed by atoms with Crippen LogP contribution in [0.3, 0.4) is 0 Å². The van der Waals surface area contributed by atoms with Gasteiger partial charge in [0.25, 0.3) is 0 Å². The summed E-state index contributed by atoms with van der Waals surface area (Å²) in [7, 11) is 0. The molecule has 0 fully saturated rings. The van der Waals surface area contributed by atoms with Gasteiger partial charge in [-0.2, -0.15) is 10.2 Å². The monoisotopic (exact) mass is 270 g/mol. The summed E-state index contributed by atoms with van der Waals surface area (Å²) in [6.07, 6.45) is 4.32. The standard InChI is InChI=1S/C16H22N4/c1-15(2,3)13-8-7-12(19-20-13)11-16(4,5)14-17-9-6-10-18-14/h6-10H,11H2,1-5H3. The van der Waals surface area contributed by atoms with E-state index in [-0.39, 0.29) is 10.8 Å². The first-order chi connectivity index (χ1) is 9.29. The second-order valence-corrected chi connectivity index (χ2v) is 6.79. The smallest absolute Gasteiger partial charge is 0.134 e. The lowest BCUT2D eigenvalue weighted by Gasteiger charge is -2.22. The molecule has 0 aromatic carbocycles. The number of rotatable bonds is 3. The number of nitrogens with zero attached hydrogens (tertiary/aromatic N) is 4. The van der Waals surface area contributed by atoms with Gasteiger partial charge >= 0.3 is 0 Å². The van der Waals surface area contributed by atoms with E-state index in [2.05, 4.69) is 66.9 Å². The van der Waals surface area contributed by atoms with Gasteiger partial charge < -0.3 is 0 Å². The van der Waals surface area contributed by atoms with E-state index >= 15 is 0 Å². The third-order valence-electron chi connectivity index (χ3n) is 3.28. The highest BCUT2D eigenvalue weighted by molar-refractivity contribution is 5.17. The highest BCUT2D eigenvalue weighted by Crippen LogP contribution is 2.24. The normalized spacial score (nSPS) is 12.4. The molecule has 2 rings (SSSR count). The van der Waals surface area contributed by atoms with Crippen molar-refractivity contribution < 1.29 is 0 Å². The summed E-state index contributed by atoms with van der Waals surface area (Å²) >= 11 is 0. The minimum atomic E-state index is -0.154. The zero-order valence-electron chi connectivity index (χ0n) is 12.9. The van der Waals surface area contributed by atoms with Crippen LogP contribution in [0.4, 0.5) is 0 Å². The number of aromatic nitrogens is 4. The predicted molar refractivity (Wildman–Crippen MR) is 79.5 cm³/mol. The third kappa shape index (κ3) is 3.38. The molecule has 4 nitrogen and oxygen atoms in total. The van der Waals surface area contributed by atoms with Crippen molar-refractivity contribution in [3.63, 3.8) is 0 Å². The quantitative estimate of drug-likeness (QED) is 0.860. The van der Waals surface area contributed by atoms with E-state index < -0.39 is 0 Å². The summed E-state index contributed by atoms with van der Waals surface area (Å²) in [5, 5.41) is 8.69. The van der Waals surface area contributed by atoms with Gasteiger partial charge in [-0.25, -0.2) is 9.97 Å². The molecule has 106 valence electrons. The van der Waals surface area contributed by atoms with Gasteiger partial charge in [0.05, 0.1) is 11.4 Å². The van der Waals surface area contributed by atoms with Crippen molar-refractivity contribution in [1.82, 2.24) is 20.2 Å². The van der Waals surface area contributed by atoms with Crippen molar-refractivity contribution in [3.8, 4) is 0 Å². The van der Waals surface area contributed by atoms with Gasteiger partial charge in [-0.1, -0.05) is 34.6 Å². The summed E-state index contributed by atoms with van der Waals surface area (Å²) in [5.74, 6) is 0.835. The lowest BCUT2D eigenvalue weighted by Crippen LogP contribution is -2.24. The molecule has 0 amide bonds. The Morgan fingerprint density at radius 1 is 0.900 bits per heavy atom. The summed E-state index contributed by atoms with van der Waals surface area (Å²) in [6.45, 7) is 10.7.